The fraction of sp³-hybridized carbons (Fsp3) is 0.0714. The van der Waals surface area contributed by atoms with Gasteiger partial charge in [0, 0.05) is 20.2 Å². The molecule has 5 heteroatoms. The van der Waals surface area contributed by atoms with Crippen molar-refractivity contribution in [1.29, 1.82) is 0 Å². The molecule has 3 aromatic heterocycles. The van der Waals surface area contributed by atoms with Crippen molar-refractivity contribution >= 4 is 40.3 Å². The maximum atomic E-state index is 10.8. The number of aldehydes is 1. The second kappa shape index (κ2) is 5.38. The lowest BCUT2D eigenvalue weighted by Crippen LogP contribution is -1.72. The molecule has 96 valence electrons. The van der Waals surface area contributed by atoms with Crippen LogP contribution in [0, 0.1) is 0 Å². The molecule has 0 saturated carbocycles. The molecule has 3 rings (SSSR count). The van der Waals surface area contributed by atoms with Crippen LogP contribution in [0.15, 0.2) is 35.7 Å². The van der Waals surface area contributed by atoms with Crippen LogP contribution in [0.2, 0.25) is 0 Å². The van der Waals surface area contributed by atoms with Gasteiger partial charge in [0.1, 0.15) is 0 Å². The van der Waals surface area contributed by atoms with Gasteiger partial charge in [0.15, 0.2) is 6.29 Å². The summed E-state index contributed by atoms with van der Waals surface area (Å²) in [5, 5.41) is 11.4. The van der Waals surface area contributed by atoms with E-state index in [-0.39, 0.29) is 6.61 Å². The SMILES string of the molecule is O=Cc1ccc(-c2cc(CO)sc2-c2cccs2)s1. The van der Waals surface area contributed by atoms with Crippen LogP contribution >= 0.6 is 34.0 Å². The first-order valence-electron chi connectivity index (χ1n) is 5.64. The van der Waals surface area contributed by atoms with Crippen LogP contribution in [0.3, 0.4) is 0 Å². The van der Waals surface area contributed by atoms with Crippen molar-refractivity contribution in [1.82, 2.24) is 0 Å². The smallest absolute Gasteiger partial charge is 0.160 e. The molecule has 0 aromatic carbocycles. The summed E-state index contributed by atoms with van der Waals surface area (Å²) in [6.45, 7) is 0.0506. The standard InChI is InChI=1S/C14H10O2S3/c15-7-9-3-4-12(18-9)11-6-10(8-16)19-14(11)13-2-1-5-17-13/h1-7,16H,8H2. The van der Waals surface area contributed by atoms with Crippen molar-refractivity contribution in [2.24, 2.45) is 0 Å². The van der Waals surface area contributed by atoms with Gasteiger partial charge in [0.2, 0.25) is 0 Å². The van der Waals surface area contributed by atoms with E-state index >= 15 is 0 Å². The first kappa shape index (κ1) is 12.7. The van der Waals surface area contributed by atoms with Crippen LogP contribution in [0.5, 0.6) is 0 Å². The Labute approximate surface area is 122 Å². The summed E-state index contributed by atoms with van der Waals surface area (Å²) in [6, 6.07) is 9.92. The second-order valence-corrected chi connectivity index (χ2v) is 7.11. The van der Waals surface area contributed by atoms with Crippen LogP contribution in [-0.2, 0) is 6.61 Å². The first-order valence-corrected chi connectivity index (χ1v) is 8.16. The number of carbonyl (C=O) groups excluding carboxylic acids is 1. The minimum Gasteiger partial charge on any atom is -0.391 e. The Bertz CT molecular complexity index is 692. The summed E-state index contributed by atoms with van der Waals surface area (Å²) >= 11 is 4.78. The highest BCUT2D eigenvalue weighted by Gasteiger charge is 2.15. The zero-order chi connectivity index (χ0) is 13.2. The Morgan fingerprint density at radius 3 is 2.68 bits per heavy atom. The van der Waals surface area contributed by atoms with Gasteiger partial charge in [-0.3, -0.25) is 4.79 Å². The lowest BCUT2D eigenvalue weighted by Gasteiger charge is -1.97. The monoisotopic (exact) mass is 306 g/mol. The van der Waals surface area contributed by atoms with Gasteiger partial charge in [0.05, 0.1) is 16.4 Å². The summed E-state index contributed by atoms with van der Waals surface area (Å²) in [6.07, 6.45) is 0.873. The third kappa shape index (κ3) is 2.42. The summed E-state index contributed by atoms with van der Waals surface area (Å²) < 4.78 is 0. The summed E-state index contributed by atoms with van der Waals surface area (Å²) in [7, 11) is 0. The molecule has 0 radical (unpaired) electrons. The van der Waals surface area contributed by atoms with E-state index in [4.69, 9.17) is 0 Å². The predicted octanol–water partition coefficient (Wildman–Crippen LogP) is 4.51. The molecule has 0 bridgehead atoms. The number of aliphatic hydroxyl groups is 1. The molecule has 0 saturated heterocycles. The summed E-state index contributed by atoms with van der Waals surface area (Å²) in [4.78, 5) is 15.9. The van der Waals surface area contributed by atoms with Crippen LogP contribution in [0.4, 0.5) is 0 Å². The molecule has 2 nitrogen and oxygen atoms in total. The van der Waals surface area contributed by atoms with Gasteiger partial charge in [-0.1, -0.05) is 6.07 Å². The molecule has 19 heavy (non-hydrogen) atoms. The van der Waals surface area contributed by atoms with E-state index in [1.165, 1.54) is 21.1 Å². The minimum absolute atomic E-state index is 0.0506. The van der Waals surface area contributed by atoms with Crippen LogP contribution in [-0.4, -0.2) is 11.4 Å². The fourth-order valence-electron chi connectivity index (χ4n) is 1.85. The molecule has 0 spiro atoms. The highest BCUT2D eigenvalue weighted by atomic mass is 32.1. The molecule has 1 N–H and O–H groups in total. The number of hydrogen-bond acceptors (Lipinski definition) is 5. The van der Waals surface area contributed by atoms with E-state index in [2.05, 4.69) is 6.07 Å². The third-order valence-electron chi connectivity index (χ3n) is 2.69. The van der Waals surface area contributed by atoms with Crippen LogP contribution < -0.4 is 0 Å². The van der Waals surface area contributed by atoms with Crippen molar-refractivity contribution in [2.45, 2.75) is 6.61 Å². The number of hydrogen-bond donors (Lipinski definition) is 1. The molecule has 0 aliphatic carbocycles. The number of thiophene rings is 3. The second-order valence-electron chi connectivity index (χ2n) is 3.91. The predicted molar refractivity (Wildman–Crippen MR) is 82.3 cm³/mol. The zero-order valence-corrected chi connectivity index (χ0v) is 12.3. The van der Waals surface area contributed by atoms with E-state index < -0.39 is 0 Å². The average Bonchev–Trinajstić information content (AvgIpc) is 3.16. The molecule has 0 atom stereocenters. The third-order valence-corrected chi connectivity index (χ3v) is 5.91. The zero-order valence-electron chi connectivity index (χ0n) is 9.83. The molecule has 0 amide bonds. The lowest BCUT2D eigenvalue weighted by atomic mass is 10.2. The average molecular weight is 306 g/mol. The van der Waals surface area contributed by atoms with Gasteiger partial charge in [-0.05, 0) is 29.6 Å². The normalized spacial score (nSPS) is 10.8. The van der Waals surface area contributed by atoms with Crippen molar-refractivity contribution in [3.05, 3.63) is 45.5 Å². The Hall–Kier alpha value is -1.27. The summed E-state index contributed by atoms with van der Waals surface area (Å²) in [5.41, 5.74) is 1.11. The Kier molecular flexibility index (Phi) is 3.61. The van der Waals surface area contributed by atoms with E-state index in [0.717, 1.165) is 26.5 Å². The van der Waals surface area contributed by atoms with Gasteiger partial charge in [-0.25, -0.2) is 0 Å². The highest BCUT2D eigenvalue weighted by Crippen LogP contribution is 2.43. The molecular weight excluding hydrogens is 296 g/mol. The maximum absolute atomic E-state index is 10.8. The van der Waals surface area contributed by atoms with Gasteiger partial charge in [-0.2, -0.15) is 0 Å². The lowest BCUT2D eigenvalue weighted by molar-refractivity contribution is 0.112. The van der Waals surface area contributed by atoms with Crippen LogP contribution in [0.25, 0.3) is 20.2 Å². The van der Waals surface area contributed by atoms with E-state index in [1.807, 2.05) is 29.6 Å². The van der Waals surface area contributed by atoms with E-state index in [9.17, 15) is 9.90 Å². The van der Waals surface area contributed by atoms with Gasteiger partial charge < -0.3 is 5.11 Å². The van der Waals surface area contributed by atoms with Gasteiger partial charge in [-0.15, -0.1) is 34.0 Å². The molecular formula is C14H10O2S3. The van der Waals surface area contributed by atoms with Gasteiger partial charge >= 0.3 is 0 Å². The number of carbonyl (C=O) groups is 1. The first-order chi connectivity index (χ1) is 9.31. The molecule has 0 aliphatic rings. The highest BCUT2D eigenvalue weighted by molar-refractivity contribution is 7.22. The largest absolute Gasteiger partial charge is 0.391 e. The Morgan fingerprint density at radius 2 is 2.05 bits per heavy atom. The number of aliphatic hydroxyl groups excluding tert-OH is 1. The van der Waals surface area contributed by atoms with Gasteiger partial charge in [0.25, 0.3) is 0 Å². The van der Waals surface area contributed by atoms with Crippen LogP contribution in [0.1, 0.15) is 14.5 Å². The molecule has 0 fully saturated rings. The fourth-order valence-corrected chi connectivity index (χ4v) is 4.66. The van der Waals surface area contributed by atoms with Crippen molar-refractivity contribution in [2.75, 3.05) is 0 Å². The Morgan fingerprint density at radius 1 is 1.16 bits per heavy atom. The molecule has 0 aliphatic heterocycles. The topological polar surface area (TPSA) is 37.3 Å². The summed E-state index contributed by atoms with van der Waals surface area (Å²) in [5.74, 6) is 0. The molecule has 3 heterocycles. The quantitative estimate of drug-likeness (QED) is 0.720. The molecule has 0 unspecified atom stereocenters. The van der Waals surface area contributed by atoms with E-state index in [0.29, 0.717) is 0 Å². The maximum Gasteiger partial charge on any atom is 0.160 e. The van der Waals surface area contributed by atoms with Crippen molar-refractivity contribution < 1.29 is 9.90 Å². The minimum atomic E-state index is 0.0506. The Balaban J connectivity index is 2.14. The van der Waals surface area contributed by atoms with E-state index in [1.54, 1.807) is 22.7 Å². The molecule has 3 aromatic rings. The van der Waals surface area contributed by atoms with Crippen molar-refractivity contribution in [3.8, 4) is 20.2 Å². The number of rotatable bonds is 4. The van der Waals surface area contributed by atoms with Crippen molar-refractivity contribution in [3.63, 3.8) is 0 Å².